The van der Waals surface area contributed by atoms with Crippen molar-refractivity contribution in [3.05, 3.63) is 72.2 Å². The topological polar surface area (TPSA) is 95.3 Å². The predicted octanol–water partition coefficient (Wildman–Crippen LogP) is 6.00. The van der Waals surface area contributed by atoms with Crippen LogP contribution in [0, 0.1) is 6.92 Å². The summed E-state index contributed by atoms with van der Waals surface area (Å²) in [5, 5.41) is 7.58. The zero-order chi connectivity index (χ0) is 28.0. The molecule has 0 spiro atoms. The fourth-order valence-electron chi connectivity index (χ4n) is 4.19. The zero-order valence-electron chi connectivity index (χ0n) is 23.1. The summed E-state index contributed by atoms with van der Waals surface area (Å²) < 4.78 is 26.3. The Bertz CT molecular complexity index is 1460. The van der Waals surface area contributed by atoms with E-state index in [2.05, 4.69) is 41.4 Å². The summed E-state index contributed by atoms with van der Waals surface area (Å²) in [6, 6.07) is 13.9. The molecular formula is C30H36N4O4S. The second-order valence-electron chi connectivity index (χ2n) is 10.4. The summed E-state index contributed by atoms with van der Waals surface area (Å²) >= 11 is 0. The number of benzene rings is 2. The third kappa shape index (κ3) is 7.10. The van der Waals surface area contributed by atoms with Crippen molar-refractivity contribution in [3.63, 3.8) is 0 Å². The van der Waals surface area contributed by atoms with E-state index in [4.69, 9.17) is 9.47 Å². The van der Waals surface area contributed by atoms with Gasteiger partial charge in [0.2, 0.25) is 6.41 Å². The predicted molar refractivity (Wildman–Crippen MR) is 155 cm³/mol. The highest BCUT2D eigenvalue weighted by atomic mass is 32.2. The summed E-state index contributed by atoms with van der Waals surface area (Å²) in [5.41, 5.74) is 3.90. The van der Waals surface area contributed by atoms with Crippen molar-refractivity contribution < 1.29 is 18.5 Å². The number of rotatable bonds is 7. The van der Waals surface area contributed by atoms with Gasteiger partial charge < -0.3 is 14.8 Å². The number of aryl methyl sites for hydroxylation is 2. The Labute approximate surface area is 232 Å². The van der Waals surface area contributed by atoms with E-state index in [0.29, 0.717) is 19.6 Å². The number of anilines is 1. The van der Waals surface area contributed by atoms with Crippen LogP contribution in [0.3, 0.4) is 0 Å². The molecule has 0 radical (unpaired) electrons. The molecule has 2 unspecified atom stereocenters. The van der Waals surface area contributed by atoms with Crippen LogP contribution in [-0.2, 0) is 32.3 Å². The lowest BCUT2D eigenvalue weighted by Gasteiger charge is -2.18. The normalized spacial score (nSPS) is 15.9. The molecule has 0 saturated carbocycles. The molecule has 1 N–H and O–H groups in total. The van der Waals surface area contributed by atoms with Crippen LogP contribution in [0.15, 0.2) is 66.0 Å². The molecule has 0 bridgehead atoms. The van der Waals surface area contributed by atoms with Gasteiger partial charge in [-0.2, -0.15) is 5.10 Å². The first-order valence-electron chi connectivity index (χ1n) is 13.1. The van der Waals surface area contributed by atoms with Gasteiger partial charge in [-0.15, -0.1) is 0 Å². The van der Waals surface area contributed by atoms with Gasteiger partial charge in [0, 0.05) is 29.3 Å². The van der Waals surface area contributed by atoms with E-state index in [1.807, 2.05) is 51.1 Å². The Morgan fingerprint density at radius 1 is 1.18 bits per heavy atom. The van der Waals surface area contributed by atoms with Gasteiger partial charge >= 0.3 is 0 Å². The smallest absolute Gasteiger partial charge is 0.211 e. The molecule has 1 aliphatic heterocycles. The Kier molecular flexibility index (Phi) is 9.14. The van der Waals surface area contributed by atoms with Crippen LogP contribution in [0.25, 0.3) is 10.9 Å². The number of nitrogens with one attached hydrogen (secondary N) is 1. The van der Waals surface area contributed by atoms with Gasteiger partial charge in [-0.1, -0.05) is 19.1 Å². The fourth-order valence-corrected chi connectivity index (χ4v) is 5.54. The maximum atomic E-state index is 12.9. The van der Waals surface area contributed by atoms with Crippen molar-refractivity contribution in [2.24, 2.45) is 0 Å². The zero-order valence-corrected chi connectivity index (χ0v) is 24.0. The fraction of sp³-hybridized carbons (Fsp3) is 0.367. The van der Waals surface area contributed by atoms with E-state index in [9.17, 15) is 9.00 Å². The van der Waals surface area contributed by atoms with Crippen LogP contribution in [0.1, 0.15) is 45.2 Å². The lowest BCUT2D eigenvalue weighted by Crippen LogP contribution is -2.21. The molecule has 39 heavy (non-hydrogen) atoms. The van der Waals surface area contributed by atoms with Crippen LogP contribution in [-0.4, -0.2) is 43.8 Å². The van der Waals surface area contributed by atoms with E-state index in [0.717, 1.165) is 51.4 Å². The molecule has 1 fully saturated rings. The van der Waals surface area contributed by atoms with Crippen molar-refractivity contribution >= 4 is 33.8 Å². The summed E-state index contributed by atoms with van der Waals surface area (Å²) in [6.07, 6.45) is 7.65. The Morgan fingerprint density at radius 2 is 2.00 bits per heavy atom. The molecule has 9 heteroatoms. The Balaban J connectivity index is 0.000000247. The largest absolute Gasteiger partial charge is 0.456 e. The second kappa shape index (κ2) is 12.5. The molecule has 4 aromatic rings. The molecule has 206 valence electrons. The number of amides is 1. The molecule has 0 aliphatic carbocycles. The van der Waals surface area contributed by atoms with Crippen molar-refractivity contribution in [2.45, 2.75) is 63.1 Å². The number of nitrogens with zero attached hydrogens (tertiary/aromatic N) is 3. The number of fused-ring (bicyclic) bond motifs is 1. The van der Waals surface area contributed by atoms with Crippen LogP contribution >= 0.6 is 0 Å². The number of hydrogen-bond donors (Lipinski definition) is 1. The number of hydrogen-bond acceptors (Lipinski definition) is 6. The molecule has 2 aromatic carbocycles. The van der Waals surface area contributed by atoms with E-state index in [1.165, 1.54) is 5.56 Å². The van der Waals surface area contributed by atoms with Gasteiger partial charge in [-0.05, 0) is 82.0 Å². The summed E-state index contributed by atoms with van der Waals surface area (Å²) in [5.74, 6) is 1.56. The van der Waals surface area contributed by atoms with Gasteiger partial charge in [0.25, 0.3) is 0 Å². The molecule has 1 saturated heterocycles. The van der Waals surface area contributed by atoms with Gasteiger partial charge in [0.05, 0.1) is 45.6 Å². The maximum absolute atomic E-state index is 12.9. The van der Waals surface area contributed by atoms with Gasteiger partial charge in [0.1, 0.15) is 11.5 Å². The molecule has 1 aliphatic rings. The third-order valence-corrected chi connectivity index (χ3v) is 8.15. The van der Waals surface area contributed by atoms with E-state index in [1.54, 1.807) is 23.3 Å². The minimum Gasteiger partial charge on any atom is -0.456 e. The standard InChI is InChI=1S/C22H23NO3S.C8H13N3O/c1-3-16-4-7-21(15(2)12-16)26-22-8-10-23-20-6-5-17(13-19(20)22)27(24)18-9-11-25-14-18;1-8(2,3)11-5-7(4-10-11)9-6-12/h4-8,10,12-13,18H,3,9,11,14H2,1-2H3;4-6H,1-3H3,(H,9,12). The first-order valence-corrected chi connectivity index (χ1v) is 14.3. The van der Waals surface area contributed by atoms with Gasteiger partial charge in [-0.3, -0.25) is 18.7 Å². The average Bonchev–Trinajstić information content (AvgIpc) is 3.63. The quantitative estimate of drug-likeness (QED) is 0.285. The van der Waals surface area contributed by atoms with Gasteiger partial charge in [-0.25, -0.2) is 0 Å². The minimum absolute atomic E-state index is 0.0389. The number of ether oxygens (including phenoxy) is 2. The van der Waals surface area contributed by atoms with Crippen molar-refractivity contribution in [2.75, 3.05) is 18.5 Å². The van der Waals surface area contributed by atoms with Crippen LogP contribution in [0.2, 0.25) is 0 Å². The van der Waals surface area contributed by atoms with Crippen LogP contribution < -0.4 is 10.1 Å². The number of pyridine rings is 1. The highest BCUT2D eigenvalue weighted by molar-refractivity contribution is 7.85. The monoisotopic (exact) mass is 548 g/mol. The number of carbonyl (C=O) groups excluding carboxylic acids is 1. The average molecular weight is 549 g/mol. The highest BCUT2D eigenvalue weighted by Crippen LogP contribution is 2.33. The van der Waals surface area contributed by atoms with E-state index in [-0.39, 0.29) is 10.8 Å². The maximum Gasteiger partial charge on any atom is 0.211 e. The molecule has 8 nitrogen and oxygen atoms in total. The van der Waals surface area contributed by atoms with Crippen molar-refractivity contribution in [1.82, 2.24) is 14.8 Å². The van der Waals surface area contributed by atoms with E-state index < -0.39 is 10.8 Å². The van der Waals surface area contributed by atoms with Crippen molar-refractivity contribution in [1.29, 1.82) is 0 Å². The first-order chi connectivity index (χ1) is 18.7. The summed E-state index contributed by atoms with van der Waals surface area (Å²) in [7, 11) is -1.09. The number of carbonyl (C=O) groups is 1. The molecule has 2 atom stereocenters. The van der Waals surface area contributed by atoms with Crippen LogP contribution in [0.5, 0.6) is 11.5 Å². The Morgan fingerprint density at radius 3 is 2.64 bits per heavy atom. The second-order valence-corrected chi connectivity index (χ2v) is 12.2. The van der Waals surface area contributed by atoms with Crippen molar-refractivity contribution in [3.8, 4) is 11.5 Å². The van der Waals surface area contributed by atoms with Gasteiger partial charge in [0.15, 0.2) is 0 Å². The summed E-state index contributed by atoms with van der Waals surface area (Å²) in [6.45, 7) is 11.6. The third-order valence-electron chi connectivity index (χ3n) is 6.46. The number of aromatic nitrogens is 3. The van der Waals surface area contributed by atoms with Crippen LogP contribution in [0.4, 0.5) is 5.69 Å². The lowest BCUT2D eigenvalue weighted by atomic mass is 10.1. The molecule has 3 heterocycles. The first kappa shape index (κ1) is 28.4. The molecule has 5 rings (SSSR count). The minimum atomic E-state index is -1.09. The summed E-state index contributed by atoms with van der Waals surface area (Å²) in [4.78, 5) is 15.3. The lowest BCUT2D eigenvalue weighted by molar-refractivity contribution is -0.105. The SMILES string of the molecule is CC(C)(C)n1cc(NC=O)cn1.CCc1ccc(Oc2ccnc3ccc(S(=O)C4CCOC4)cc23)c(C)c1. The molecular weight excluding hydrogens is 512 g/mol. The Hall–Kier alpha value is -3.56. The molecule has 1 amide bonds. The molecule has 2 aromatic heterocycles. The van der Waals surface area contributed by atoms with E-state index >= 15 is 0 Å². The highest BCUT2D eigenvalue weighted by Gasteiger charge is 2.24.